The third kappa shape index (κ3) is 4.48. The van der Waals surface area contributed by atoms with Crippen LogP contribution in [0.2, 0.25) is 10.0 Å². The van der Waals surface area contributed by atoms with Gasteiger partial charge in [-0.05, 0) is 57.6 Å². The number of rotatable bonds is 8. The van der Waals surface area contributed by atoms with Crippen LogP contribution in [0.4, 0.5) is 0 Å². The van der Waals surface area contributed by atoms with E-state index in [0.717, 1.165) is 31.2 Å². The Morgan fingerprint density at radius 1 is 1.23 bits per heavy atom. The van der Waals surface area contributed by atoms with Gasteiger partial charge >= 0.3 is 11.9 Å². The first-order valence-electron chi connectivity index (χ1n) is 10.6. The molecule has 2 atom stereocenters. The van der Waals surface area contributed by atoms with Gasteiger partial charge in [0.2, 0.25) is 5.60 Å². The second-order valence-electron chi connectivity index (χ2n) is 9.06. The number of carbonyl (C=O) groups is 3. The molecule has 6 nitrogen and oxygen atoms in total. The van der Waals surface area contributed by atoms with E-state index in [1.807, 2.05) is 6.92 Å². The zero-order valence-corrected chi connectivity index (χ0v) is 19.5. The quantitative estimate of drug-likeness (QED) is 0.390. The lowest BCUT2D eigenvalue weighted by Crippen LogP contribution is -2.37. The fourth-order valence-electron chi connectivity index (χ4n) is 4.71. The molecule has 170 valence electrons. The van der Waals surface area contributed by atoms with E-state index in [4.69, 9.17) is 37.8 Å². The van der Waals surface area contributed by atoms with Gasteiger partial charge in [0, 0.05) is 18.6 Å². The Bertz CT molecular complexity index is 890. The second kappa shape index (κ2) is 9.08. The van der Waals surface area contributed by atoms with Crippen LogP contribution in [0.5, 0.6) is 0 Å². The molecular weight excluding hydrogens is 443 g/mol. The molecule has 1 fully saturated rings. The van der Waals surface area contributed by atoms with Gasteiger partial charge in [0.15, 0.2) is 5.78 Å². The molecule has 0 aromatic heterocycles. The van der Waals surface area contributed by atoms with Crippen molar-refractivity contribution in [3.63, 3.8) is 0 Å². The number of Topliss-reactive ketones (excluding diaryl/α,β-unsaturated/α-hetero) is 1. The van der Waals surface area contributed by atoms with Crippen LogP contribution < -0.4 is 0 Å². The van der Waals surface area contributed by atoms with Crippen LogP contribution in [-0.2, 0) is 19.1 Å². The number of carbonyl (C=O) groups excluding carboxylic acids is 2. The molecule has 0 radical (unpaired) electrons. The maximum Gasteiger partial charge on any atom is 0.347 e. The van der Waals surface area contributed by atoms with Crippen LogP contribution in [-0.4, -0.2) is 35.0 Å². The van der Waals surface area contributed by atoms with Gasteiger partial charge in [-0.3, -0.25) is 9.59 Å². The highest BCUT2D eigenvalue weighted by molar-refractivity contribution is 6.44. The molecule has 0 saturated heterocycles. The summed E-state index contributed by atoms with van der Waals surface area (Å²) in [5.41, 5.74) is -1.13. The standard InChI is InChI=1S/C23H28Cl2O6/c1-22(2,21(28)29)31-16(26)9-6-12-30-20-14-10-11-15(24)18(25)17(14)19(27)23(20,3)13-7-4-5-8-13/h10-11,13,20H,4-9,12H2,1-3H3,(H,28,29). The van der Waals surface area contributed by atoms with Gasteiger partial charge in [0.05, 0.1) is 21.6 Å². The third-order valence-electron chi connectivity index (χ3n) is 6.57. The highest BCUT2D eigenvalue weighted by Crippen LogP contribution is 2.57. The van der Waals surface area contributed by atoms with Crippen LogP contribution in [0.1, 0.15) is 81.3 Å². The summed E-state index contributed by atoms with van der Waals surface area (Å²) < 4.78 is 11.2. The van der Waals surface area contributed by atoms with Gasteiger partial charge in [0.25, 0.3) is 0 Å². The number of ketones is 1. The molecule has 8 heteroatoms. The van der Waals surface area contributed by atoms with Crippen molar-refractivity contribution in [3.05, 3.63) is 33.3 Å². The van der Waals surface area contributed by atoms with Gasteiger partial charge in [-0.2, -0.15) is 0 Å². The number of hydrogen-bond donors (Lipinski definition) is 1. The summed E-state index contributed by atoms with van der Waals surface area (Å²) in [4.78, 5) is 36.6. The first-order chi connectivity index (χ1) is 14.5. The highest BCUT2D eigenvalue weighted by Gasteiger charge is 2.56. The Kier molecular flexibility index (Phi) is 7.04. The average Bonchev–Trinajstić information content (AvgIpc) is 3.30. The van der Waals surface area contributed by atoms with Crippen LogP contribution in [0.3, 0.4) is 0 Å². The van der Waals surface area contributed by atoms with Crippen molar-refractivity contribution in [2.24, 2.45) is 11.3 Å². The second-order valence-corrected chi connectivity index (χ2v) is 9.85. The Morgan fingerprint density at radius 3 is 2.48 bits per heavy atom. The van der Waals surface area contributed by atoms with Gasteiger partial charge in [0.1, 0.15) is 0 Å². The molecule has 1 aromatic carbocycles. The molecule has 0 amide bonds. The van der Waals surface area contributed by atoms with Crippen molar-refractivity contribution in [2.75, 3.05) is 6.61 Å². The van der Waals surface area contributed by atoms with Crippen LogP contribution in [0.15, 0.2) is 12.1 Å². The van der Waals surface area contributed by atoms with E-state index >= 15 is 0 Å². The summed E-state index contributed by atoms with van der Waals surface area (Å²) in [5, 5.41) is 9.68. The summed E-state index contributed by atoms with van der Waals surface area (Å²) in [7, 11) is 0. The summed E-state index contributed by atoms with van der Waals surface area (Å²) in [5.74, 6) is -1.66. The monoisotopic (exact) mass is 470 g/mol. The number of fused-ring (bicyclic) bond motifs is 1. The van der Waals surface area contributed by atoms with Crippen molar-refractivity contribution in [1.29, 1.82) is 0 Å². The Labute approximate surface area is 192 Å². The fraction of sp³-hybridized carbons (Fsp3) is 0.609. The van der Waals surface area contributed by atoms with E-state index in [1.54, 1.807) is 12.1 Å². The summed E-state index contributed by atoms with van der Waals surface area (Å²) in [6, 6.07) is 3.48. The van der Waals surface area contributed by atoms with E-state index in [0.29, 0.717) is 17.0 Å². The number of esters is 1. The Morgan fingerprint density at radius 2 is 1.87 bits per heavy atom. The minimum Gasteiger partial charge on any atom is -0.478 e. The molecule has 2 unspecified atom stereocenters. The van der Waals surface area contributed by atoms with Crippen molar-refractivity contribution in [3.8, 4) is 0 Å². The fourth-order valence-corrected chi connectivity index (χ4v) is 5.13. The molecule has 31 heavy (non-hydrogen) atoms. The van der Waals surface area contributed by atoms with Gasteiger partial charge in [-0.25, -0.2) is 4.79 Å². The normalized spacial score (nSPS) is 23.8. The molecular formula is C23H28Cl2O6. The van der Waals surface area contributed by atoms with E-state index in [9.17, 15) is 14.4 Å². The Balaban J connectivity index is 1.73. The van der Waals surface area contributed by atoms with Crippen molar-refractivity contribution < 1.29 is 29.0 Å². The van der Waals surface area contributed by atoms with Crippen LogP contribution in [0, 0.1) is 11.3 Å². The predicted octanol–water partition coefficient (Wildman–Crippen LogP) is 5.63. The molecule has 0 aliphatic heterocycles. The lowest BCUT2D eigenvalue weighted by molar-refractivity contribution is -0.174. The van der Waals surface area contributed by atoms with Gasteiger partial charge in [-0.15, -0.1) is 0 Å². The number of carboxylic acids is 1. The van der Waals surface area contributed by atoms with E-state index in [2.05, 4.69) is 0 Å². The number of aliphatic carboxylic acids is 1. The van der Waals surface area contributed by atoms with Crippen molar-refractivity contribution >= 4 is 40.9 Å². The third-order valence-corrected chi connectivity index (χ3v) is 7.37. The lowest BCUT2D eigenvalue weighted by Gasteiger charge is -2.36. The maximum atomic E-state index is 13.5. The largest absolute Gasteiger partial charge is 0.478 e. The number of carboxylic acid groups (broad SMARTS) is 1. The van der Waals surface area contributed by atoms with Gasteiger partial charge < -0.3 is 14.6 Å². The molecule has 0 bridgehead atoms. The van der Waals surface area contributed by atoms with Crippen LogP contribution >= 0.6 is 23.2 Å². The molecule has 1 N–H and O–H groups in total. The number of hydrogen-bond acceptors (Lipinski definition) is 5. The van der Waals surface area contributed by atoms with Crippen molar-refractivity contribution in [2.45, 2.75) is 71.0 Å². The first kappa shape index (κ1) is 24.0. The molecule has 2 aliphatic carbocycles. The highest BCUT2D eigenvalue weighted by atomic mass is 35.5. The smallest absolute Gasteiger partial charge is 0.347 e. The Hall–Kier alpha value is -1.63. The molecule has 3 rings (SSSR count). The number of benzene rings is 1. The minimum atomic E-state index is -1.58. The molecule has 0 spiro atoms. The summed E-state index contributed by atoms with van der Waals surface area (Å²) in [6.45, 7) is 4.83. The number of ether oxygens (including phenoxy) is 2. The van der Waals surface area contributed by atoms with E-state index in [1.165, 1.54) is 13.8 Å². The molecule has 0 heterocycles. The molecule has 1 saturated carbocycles. The van der Waals surface area contributed by atoms with Crippen LogP contribution in [0.25, 0.3) is 0 Å². The lowest BCUT2D eigenvalue weighted by atomic mass is 9.71. The molecule has 1 aromatic rings. The topological polar surface area (TPSA) is 89.9 Å². The van der Waals surface area contributed by atoms with Crippen molar-refractivity contribution in [1.82, 2.24) is 0 Å². The maximum absolute atomic E-state index is 13.5. The SMILES string of the molecule is CC(C)(OC(=O)CCCOC1c2ccc(Cl)c(Cl)c2C(=O)C1(C)C1CCCC1)C(=O)O. The summed E-state index contributed by atoms with van der Waals surface area (Å²) >= 11 is 12.6. The predicted molar refractivity (Wildman–Crippen MR) is 117 cm³/mol. The summed E-state index contributed by atoms with van der Waals surface area (Å²) in [6.07, 6.45) is 3.96. The zero-order valence-electron chi connectivity index (χ0n) is 18.0. The zero-order chi connectivity index (χ0) is 23.0. The number of halogens is 2. The van der Waals surface area contributed by atoms with Gasteiger partial charge in [-0.1, -0.05) is 42.1 Å². The van der Waals surface area contributed by atoms with E-state index in [-0.39, 0.29) is 29.8 Å². The van der Waals surface area contributed by atoms with E-state index < -0.39 is 29.1 Å². The molecule has 2 aliphatic rings. The minimum absolute atomic E-state index is 0.0196. The average molecular weight is 471 g/mol. The first-order valence-corrected chi connectivity index (χ1v) is 11.3.